The minimum atomic E-state index is -2.95. The summed E-state index contributed by atoms with van der Waals surface area (Å²) in [6, 6.07) is 4.66. The number of hydrogen-bond acceptors (Lipinski definition) is 3. The van der Waals surface area contributed by atoms with Crippen molar-refractivity contribution in [3.8, 4) is 5.75 Å². The molecule has 22 heavy (non-hydrogen) atoms. The molecule has 1 heterocycles. The van der Waals surface area contributed by atoms with Gasteiger partial charge in [-0.15, -0.1) is 0 Å². The fraction of sp³-hybridized carbons (Fsp3) is 0.286. The van der Waals surface area contributed by atoms with Crippen LogP contribution in [0.25, 0.3) is 0 Å². The number of hydrogen-bond donors (Lipinski definition) is 1. The van der Waals surface area contributed by atoms with E-state index in [0.29, 0.717) is 11.6 Å². The molecule has 8 heteroatoms. The van der Waals surface area contributed by atoms with Crippen molar-refractivity contribution in [1.29, 1.82) is 0 Å². The molecule has 1 aromatic heterocycles. The van der Waals surface area contributed by atoms with E-state index in [-0.39, 0.29) is 23.8 Å². The van der Waals surface area contributed by atoms with Crippen LogP contribution < -0.4 is 10.1 Å². The van der Waals surface area contributed by atoms with E-state index < -0.39 is 6.61 Å². The molecular weight excluding hydrogens is 316 g/mol. The number of benzene rings is 1. The summed E-state index contributed by atoms with van der Waals surface area (Å²) in [5, 5.41) is 6.97. The molecule has 0 aliphatic heterocycles. The van der Waals surface area contributed by atoms with Crippen molar-refractivity contribution in [3.63, 3.8) is 0 Å². The van der Waals surface area contributed by atoms with E-state index >= 15 is 0 Å². The SMILES string of the molecule is Cc1ccc(NC(=O)CCn2cc(Cl)cn2)c(OC(F)F)c1. The predicted molar refractivity (Wildman–Crippen MR) is 78.3 cm³/mol. The Hall–Kier alpha value is -2.15. The van der Waals surface area contributed by atoms with Gasteiger partial charge in [0, 0.05) is 19.2 Å². The van der Waals surface area contributed by atoms with Gasteiger partial charge in [0.25, 0.3) is 0 Å². The smallest absolute Gasteiger partial charge is 0.387 e. The van der Waals surface area contributed by atoms with Crippen LogP contribution in [0.3, 0.4) is 0 Å². The number of anilines is 1. The summed E-state index contributed by atoms with van der Waals surface area (Å²) in [6.07, 6.45) is 3.18. The van der Waals surface area contributed by atoms with Gasteiger partial charge in [0.05, 0.1) is 16.9 Å². The maximum Gasteiger partial charge on any atom is 0.387 e. The molecule has 0 bridgehead atoms. The fourth-order valence-corrected chi connectivity index (χ4v) is 1.97. The summed E-state index contributed by atoms with van der Waals surface area (Å²) in [4.78, 5) is 11.9. The molecule has 1 N–H and O–H groups in total. The van der Waals surface area contributed by atoms with Crippen LogP contribution in [-0.2, 0) is 11.3 Å². The zero-order valence-electron chi connectivity index (χ0n) is 11.7. The van der Waals surface area contributed by atoms with Crippen LogP contribution in [0.5, 0.6) is 5.75 Å². The third-order valence-corrected chi connectivity index (χ3v) is 2.99. The van der Waals surface area contributed by atoms with Crippen LogP contribution in [0, 0.1) is 6.92 Å². The van der Waals surface area contributed by atoms with Gasteiger partial charge in [-0.1, -0.05) is 17.7 Å². The van der Waals surface area contributed by atoms with E-state index in [0.717, 1.165) is 5.56 Å². The number of halogens is 3. The Balaban J connectivity index is 1.98. The third-order valence-electron chi connectivity index (χ3n) is 2.80. The zero-order chi connectivity index (χ0) is 16.1. The van der Waals surface area contributed by atoms with Crippen LogP contribution in [0.2, 0.25) is 5.02 Å². The summed E-state index contributed by atoms with van der Waals surface area (Å²) in [7, 11) is 0. The molecular formula is C14H14ClF2N3O2. The van der Waals surface area contributed by atoms with Crippen molar-refractivity contribution in [1.82, 2.24) is 9.78 Å². The van der Waals surface area contributed by atoms with E-state index in [4.69, 9.17) is 11.6 Å². The van der Waals surface area contributed by atoms with Crippen molar-refractivity contribution in [2.75, 3.05) is 5.32 Å². The zero-order valence-corrected chi connectivity index (χ0v) is 12.5. The first-order valence-corrected chi connectivity index (χ1v) is 6.85. The van der Waals surface area contributed by atoms with Gasteiger partial charge < -0.3 is 10.1 Å². The average molecular weight is 330 g/mol. The Bertz CT molecular complexity index is 661. The fourth-order valence-electron chi connectivity index (χ4n) is 1.82. The maximum absolute atomic E-state index is 12.4. The highest BCUT2D eigenvalue weighted by atomic mass is 35.5. The summed E-state index contributed by atoms with van der Waals surface area (Å²) >= 11 is 5.72. The molecule has 0 fully saturated rings. The van der Waals surface area contributed by atoms with Crippen molar-refractivity contribution < 1.29 is 18.3 Å². The normalized spacial score (nSPS) is 10.8. The number of nitrogens with one attached hydrogen (secondary N) is 1. The predicted octanol–water partition coefficient (Wildman–Crippen LogP) is 3.48. The molecule has 0 radical (unpaired) electrons. The monoisotopic (exact) mass is 329 g/mol. The molecule has 0 aliphatic carbocycles. The first kappa shape index (κ1) is 16.2. The van der Waals surface area contributed by atoms with Crippen LogP contribution in [0.4, 0.5) is 14.5 Å². The molecule has 0 aliphatic rings. The van der Waals surface area contributed by atoms with Gasteiger partial charge >= 0.3 is 6.61 Å². The van der Waals surface area contributed by atoms with Gasteiger partial charge in [0.1, 0.15) is 5.75 Å². The Morgan fingerprint density at radius 3 is 2.91 bits per heavy atom. The van der Waals surface area contributed by atoms with Gasteiger partial charge in [-0.2, -0.15) is 13.9 Å². The van der Waals surface area contributed by atoms with Crippen molar-refractivity contribution in [3.05, 3.63) is 41.2 Å². The number of aromatic nitrogens is 2. The number of nitrogens with zero attached hydrogens (tertiary/aromatic N) is 2. The molecule has 118 valence electrons. The quantitative estimate of drug-likeness (QED) is 0.882. The Kier molecular flexibility index (Phi) is 5.32. The van der Waals surface area contributed by atoms with Gasteiger partial charge in [0.15, 0.2) is 0 Å². The molecule has 0 saturated carbocycles. The number of alkyl halides is 2. The van der Waals surface area contributed by atoms with Crippen molar-refractivity contribution in [2.45, 2.75) is 26.5 Å². The summed E-state index contributed by atoms with van der Waals surface area (Å²) < 4.78 is 30.7. The van der Waals surface area contributed by atoms with Crippen LogP contribution in [-0.4, -0.2) is 22.3 Å². The third kappa shape index (κ3) is 4.70. The van der Waals surface area contributed by atoms with E-state index in [1.807, 2.05) is 0 Å². The lowest BCUT2D eigenvalue weighted by Crippen LogP contribution is -2.16. The highest BCUT2D eigenvalue weighted by Gasteiger charge is 2.12. The summed E-state index contributed by atoms with van der Waals surface area (Å²) in [5.41, 5.74) is 0.953. The van der Waals surface area contributed by atoms with Gasteiger partial charge in [-0.25, -0.2) is 0 Å². The Labute approximate surface area is 130 Å². The van der Waals surface area contributed by atoms with Gasteiger partial charge in [-0.05, 0) is 24.6 Å². The highest BCUT2D eigenvalue weighted by Crippen LogP contribution is 2.27. The summed E-state index contributed by atoms with van der Waals surface area (Å²) in [5.74, 6) is -0.403. The lowest BCUT2D eigenvalue weighted by atomic mass is 10.2. The molecule has 2 rings (SSSR count). The topological polar surface area (TPSA) is 56.2 Å². The number of rotatable bonds is 6. The molecule has 0 saturated heterocycles. The first-order valence-electron chi connectivity index (χ1n) is 6.47. The van der Waals surface area contributed by atoms with E-state index in [2.05, 4.69) is 15.2 Å². The second-order valence-corrected chi connectivity index (χ2v) is 5.03. The number of amides is 1. The number of carbonyl (C=O) groups is 1. The van der Waals surface area contributed by atoms with Crippen LogP contribution >= 0.6 is 11.6 Å². The van der Waals surface area contributed by atoms with Crippen molar-refractivity contribution >= 4 is 23.2 Å². The second kappa shape index (κ2) is 7.22. The lowest BCUT2D eigenvalue weighted by Gasteiger charge is -2.12. The van der Waals surface area contributed by atoms with Crippen LogP contribution in [0.1, 0.15) is 12.0 Å². The highest BCUT2D eigenvalue weighted by molar-refractivity contribution is 6.30. The number of carbonyl (C=O) groups excluding carboxylic acids is 1. The van der Waals surface area contributed by atoms with Gasteiger partial charge in [-0.3, -0.25) is 9.48 Å². The largest absolute Gasteiger partial charge is 0.433 e. The minimum absolute atomic E-state index is 0.0644. The Morgan fingerprint density at radius 2 is 2.27 bits per heavy atom. The van der Waals surface area contributed by atoms with E-state index in [1.165, 1.54) is 23.0 Å². The second-order valence-electron chi connectivity index (χ2n) is 4.60. The number of aryl methyl sites for hydroxylation is 2. The maximum atomic E-state index is 12.4. The average Bonchev–Trinajstić information content (AvgIpc) is 2.85. The molecule has 1 amide bonds. The van der Waals surface area contributed by atoms with Crippen molar-refractivity contribution in [2.24, 2.45) is 0 Å². The standard InChI is InChI=1S/C14H14ClF2N3O2/c1-9-2-3-11(12(6-9)22-14(16)17)19-13(21)4-5-20-8-10(15)7-18-20/h2-3,6-8,14H,4-5H2,1H3,(H,19,21). The lowest BCUT2D eigenvalue weighted by molar-refractivity contribution is -0.116. The minimum Gasteiger partial charge on any atom is -0.433 e. The van der Waals surface area contributed by atoms with Gasteiger partial charge in [0.2, 0.25) is 5.91 Å². The Morgan fingerprint density at radius 1 is 1.50 bits per heavy atom. The summed E-state index contributed by atoms with van der Waals surface area (Å²) in [6.45, 7) is -0.885. The molecule has 2 aromatic rings. The molecule has 0 spiro atoms. The molecule has 0 atom stereocenters. The molecule has 1 aromatic carbocycles. The van der Waals surface area contributed by atoms with E-state index in [9.17, 15) is 13.6 Å². The molecule has 0 unspecified atom stereocenters. The van der Waals surface area contributed by atoms with E-state index in [1.54, 1.807) is 19.2 Å². The molecule has 5 nitrogen and oxygen atoms in total. The first-order chi connectivity index (χ1) is 10.4. The van der Waals surface area contributed by atoms with Crippen LogP contribution in [0.15, 0.2) is 30.6 Å². The number of ether oxygens (including phenoxy) is 1.